The lowest BCUT2D eigenvalue weighted by Crippen LogP contribution is -2.30. The van der Waals surface area contributed by atoms with Crippen LogP contribution < -0.4 is 10.1 Å². The Balaban J connectivity index is 1.80. The van der Waals surface area contributed by atoms with Crippen LogP contribution in [0.1, 0.15) is 26.3 Å². The van der Waals surface area contributed by atoms with Gasteiger partial charge in [0.2, 0.25) is 5.88 Å². The Hall–Kier alpha value is -3.67. The Kier molecular flexibility index (Phi) is 4.94. The summed E-state index contributed by atoms with van der Waals surface area (Å²) in [5, 5.41) is 12.0. The van der Waals surface area contributed by atoms with Crippen LogP contribution in [0.5, 0.6) is 17.4 Å². The Morgan fingerprint density at radius 2 is 1.58 bits per heavy atom. The first kappa shape index (κ1) is 17.2. The molecule has 2 N–H and O–H groups in total. The Morgan fingerprint density at radius 3 is 2.31 bits per heavy atom. The number of amides is 2. The molecule has 2 amide bonds. The molecular formula is C20H16N2O4. The average molecular weight is 348 g/mol. The van der Waals surface area contributed by atoms with Crippen molar-refractivity contribution in [3.8, 4) is 17.4 Å². The monoisotopic (exact) mass is 348 g/mol. The van der Waals surface area contributed by atoms with E-state index >= 15 is 0 Å². The first-order chi connectivity index (χ1) is 12.5. The summed E-state index contributed by atoms with van der Waals surface area (Å²) in [5.41, 5.74) is 1.19. The molecule has 0 bridgehead atoms. The van der Waals surface area contributed by atoms with Crippen LogP contribution in [0.3, 0.4) is 0 Å². The fraction of sp³-hybridized carbons (Fsp3) is 0.0500. The highest BCUT2D eigenvalue weighted by atomic mass is 16.5. The smallest absolute Gasteiger partial charge is 0.263 e. The van der Waals surface area contributed by atoms with Crippen molar-refractivity contribution in [2.75, 3.05) is 0 Å². The molecule has 3 rings (SSSR count). The molecule has 6 nitrogen and oxygen atoms in total. The van der Waals surface area contributed by atoms with Gasteiger partial charge in [-0.1, -0.05) is 29.8 Å². The molecule has 0 unspecified atom stereocenters. The molecule has 130 valence electrons. The summed E-state index contributed by atoms with van der Waals surface area (Å²) in [7, 11) is 0. The van der Waals surface area contributed by atoms with E-state index < -0.39 is 11.8 Å². The number of nitrogens with one attached hydrogen (secondary N) is 1. The van der Waals surface area contributed by atoms with Gasteiger partial charge in [-0.2, -0.15) is 0 Å². The Morgan fingerprint density at radius 1 is 0.923 bits per heavy atom. The largest absolute Gasteiger partial charge is 0.507 e. The predicted octanol–water partition coefficient (Wildman–Crippen LogP) is 3.46. The maximum Gasteiger partial charge on any atom is 0.263 e. The van der Waals surface area contributed by atoms with E-state index in [0.717, 1.165) is 5.56 Å². The van der Waals surface area contributed by atoms with Crippen LogP contribution >= 0.6 is 0 Å². The number of rotatable bonds is 4. The van der Waals surface area contributed by atoms with Crippen LogP contribution in [0.2, 0.25) is 0 Å². The number of pyridine rings is 1. The molecule has 3 aromatic rings. The quantitative estimate of drug-likeness (QED) is 0.705. The summed E-state index contributed by atoms with van der Waals surface area (Å²) in [5.74, 6) is -0.985. The molecule has 0 fully saturated rings. The maximum atomic E-state index is 12.5. The van der Waals surface area contributed by atoms with Crippen molar-refractivity contribution in [1.82, 2.24) is 10.3 Å². The van der Waals surface area contributed by atoms with Crippen LogP contribution in [0.15, 0.2) is 66.9 Å². The lowest BCUT2D eigenvalue weighted by Gasteiger charge is -2.10. The number of aromatic nitrogens is 1. The molecule has 0 saturated carbocycles. The number of nitrogens with zero attached hydrogens (tertiary/aromatic N) is 1. The molecule has 2 aromatic carbocycles. The van der Waals surface area contributed by atoms with Crippen molar-refractivity contribution >= 4 is 11.8 Å². The maximum absolute atomic E-state index is 12.5. The standard InChI is InChI=1S/C20H16N2O4/c1-13-8-10-14(11-9-13)26-20-16(6-4-12-21-20)19(25)22-18(24)15-5-2-3-7-17(15)23/h2-12,23H,1H3,(H,22,24,25). The summed E-state index contributed by atoms with van der Waals surface area (Å²) in [6, 6.07) is 16.3. The topological polar surface area (TPSA) is 88.5 Å². The van der Waals surface area contributed by atoms with E-state index in [9.17, 15) is 14.7 Å². The number of imide groups is 1. The number of phenolic OH excluding ortho intramolecular Hbond substituents is 1. The zero-order valence-corrected chi connectivity index (χ0v) is 14.0. The molecule has 0 spiro atoms. The SMILES string of the molecule is Cc1ccc(Oc2ncccc2C(=O)NC(=O)c2ccccc2O)cc1. The molecule has 6 heteroatoms. The fourth-order valence-corrected chi connectivity index (χ4v) is 2.27. The van der Waals surface area contributed by atoms with E-state index in [1.807, 2.05) is 19.1 Å². The number of carbonyl (C=O) groups is 2. The normalized spacial score (nSPS) is 10.2. The van der Waals surface area contributed by atoms with Crippen LogP contribution in [-0.4, -0.2) is 21.9 Å². The highest BCUT2D eigenvalue weighted by Crippen LogP contribution is 2.23. The van der Waals surface area contributed by atoms with Crippen molar-refractivity contribution in [3.05, 3.63) is 83.6 Å². The minimum atomic E-state index is -0.710. The lowest BCUT2D eigenvalue weighted by atomic mass is 10.2. The lowest BCUT2D eigenvalue weighted by molar-refractivity contribution is 0.0846. The van der Waals surface area contributed by atoms with Crippen molar-refractivity contribution in [2.24, 2.45) is 0 Å². The Labute approximate surface area is 150 Å². The predicted molar refractivity (Wildman–Crippen MR) is 95.4 cm³/mol. The molecule has 0 aliphatic carbocycles. The molecule has 0 radical (unpaired) electrons. The number of aromatic hydroxyl groups is 1. The third-order valence-corrected chi connectivity index (χ3v) is 3.63. The van der Waals surface area contributed by atoms with Crippen LogP contribution in [-0.2, 0) is 0 Å². The van der Waals surface area contributed by atoms with Gasteiger partial charge in [-0.3, -0.25) is 14.9 Å². The van der Waals surface area contributed by atoms with Crippen molar-refractivity contribution in [3.63, 3.8) is 0 Å². The molecule has 0 aliphatic heterocycles. The van der Waals surface area contributed by atoms with Gasteiger partial charge in [0.15, 0.2) is 0 Å². The van der Waals surface area contributed by atoms with Gasteiger partial charge in [0.05, 0.1) is 5.56 Å². The van der Waals surface area contributed by atoms with Crippen LogP contribution in [0, 0.1) is 6.92 Å². The highest BCUT2D eigenvalue weighted by molar-refractivity contribution is 6.12. The molecule has 26 heavy (non-hydrogen) atoms. The zero-order chi connectivity index (χ0) is 18.5. The summed E-state index contributed by atoms with van der Waals surface area (Å²) in [6.07, 6.45) is 1.49. The van der Waals surface area contributed by atoms with Crippen LogP contribution in [0.25, 0.3) is 0 Å². The molecule has 0 aliphatic rings. The van der Waals surface area contributed by atoms with E-state index in [1.54, 1.807) is 30.3 Å². The molecular weight excluding hydrogens is 332 g/mol. The summed E-state index contributed by atoms with van der Waals surface area (Å²) in [6.45, 7) is 1.95. The minimum absolute atomic E-state index is 0.00532. The fourth-order valence-electron chi connectivity index (χ4n) is 2.27. The minimum Gasteiger partial charge on any atom is -0.507 e. The average Bonchev–Trinajstić information content (AvgIpc) is 2.64. The molecule has 1 heterocycles. The third kappa shape index (κ3) is 3.87. The molecule has 1 aromatic heterocycles. The molecule has 0 atom stereocenters. The number of para-hydroxylation sites is 1. The van der Waals surface area contributed by atoms with E-state index in [2.05, 4.69) is 10.3 Å². The summed E-state index contributed by atoms with van der Waals surface area (Å²) in [4.78, 5) is 28.7. The first-order valence-corrected chi connectivity index (χ1v) is 7.88. The summed E-state index contributed by atoms with van der Waals surface area (Å²) >= 11 is 0. The number of ether oxygens (including phenoxy) is 1. The second kappa shape index (κ2) is 7.48. The number of hydrogen-bond donors (Lipinski definition) is 2. The van der Waals surface area contributed by atoms with E-state index in [0.29, 0.717) is 5.75 Å². The van der Waals surface area contributed by atoms with Crippen molar-refractivity contribution in [2.45, 2.75) is 6.92 Å². The van der Waals surface area contributed by atoms with Gasteiger partial charge in [-0.05, 0) is 43.3 Å². The summed E-state index contributed by atoms with van der Waals surface area (Å²) < 4.78 is 5.66. The van der Waals surface area contributed by atoms with Gasteiger partial charge < -0.3 is 9.84 Å². The first-order valence-electron chi connectivity index (χ1n) is 7.88. The third-order valence-electron chi connectivity index (χ3n) is 3.63. The number of carbonyl (C=O) groups excluding carboxylic acids is 2. The van der Waals surface area contributed by atoms with Gasteiger partial charge in [-0.25, -0.2) is 4.98 Å². The van der Waals surface area contributed by atoms with Gasteiger partial charge >= 0.3 is 0 Å². The van der Waals surface area contributed by atoms with Gasteiger partial charge in [-0.15, -0.1) is 0 Å². The number of aryl methyl sites for hydroxylation is 1. The van der Waals surface area contributed by atoms with Gasteiger partial charge in [0, 0.05) is 6.20 Å². The second-order valence-corrected chi connectivity index (χ2v) is 5.57. The van der Waals surface area contributed by atoms with E-state index in [-0.39, 0.29) is 22.8 Å². The van der Waals surface area contributed by atoms with Crippen molar-refractivity contribution < 1.29 is 19.4 Å². The van der Waals surface area contributed by atoms with E-state index in [4.69, 9.17) is 4.74 Å². The Bertz CT molecular complexity index is 952. The second-order valence-electron chi connectivity index (χ2n) is 5.57. The highest BCUT2D eigenvalue weighted by Gasteiger charge is 2.19. The van der Waals surface area contributed by atoms with Gasteiger partial charge in [0.1, 0.15) is 17.1 Å². The van der Waals surface area contributed by atoms with Gasteiger partial charge in [0.25, 0.3) is 11.8 Å². The number of hydrogen-bond acceptors (Lipinski definition) is 5. The van der Waals surface area contributed by atoms with Crippen molar-refractivity contribution in [1.29, 1.82) is 0 Å². The number of phenols is 1. The number of benzene rings is 2. The molecule has 0 saturated heterocycles. The zero-order valence-electron chi connectivity index (χ0n) is 14.0. The van der Waals surface area contributed by atoms with E-state index in [1.165, 1.54) is 24.4 Å². The van der Waals surface area contributed by atoms with Crippen LogP contribution in [0.4, 0.5) is 0 Å².